The lowest BCUT2D eigenvalue weighted by Gasteiger charge is -2.23. The molecule has 0 fully saturated rings. The molecule has 0 aliphatic carbocycles. The van der Waals surface area contributed by atoms with Gasteiger partial charge in [-0.1, -0.05) is 48.0 Å². The summed E-state index contributed by atoms with van der Waals surface area (Å²) in [4.78, 5) is 13.0. The first-order valence-electron chi connectivity index (χ1n) is 10.6. The lowest BCUT2D eigenvalue weighted by atomic mass is 10.1. The van der Waals surface area contributed by atoms with E-state index in [0.29, 0.717) is 16.5 Å². The second-order valence-electron chi connectivity index (χ2n) is 7.62. The Labute approximate surface area is 205 Å². The maximum absolute atomic E-state index is 13.4. The molecule has 0 saturated carbocycles. The molecule has 7 nitrogen and oxygen atoms in total. The third kappa shape index (κ3) is 6.28. The Morgan fingerprint density at radius 1 is 0.971 bits per heavy atom. The van der Waals surface area contributed by atoms with Crippen molar-refractivity contribution in [1.82, 2.24) is 9.62 Å². The van der Waals surface area contributed by atoms with Gasteiger partial charge in [0.05, 0.1) is 31.7 Å². The standard InChI is InChI=1S/C25H27ClN2O5S/c1-18(20-9-14-23(32-2)24(15-20)33-3)27-25(29)17-28(16-19-7-5-4-6-8-19)34(30,31)22-12-10-21(26)11-13-22/h4-15,18H,16-17H2,1-3H3,(H,27,29). The molecular formula is C25H27ClN2O5S. The number of carbonyl (C=O) groups excluding carboxylic acids is 1. The monoisotopic (exact) mass is 502 g/mol. The van der Waals surface area contributed by atoms with Crippen LogP contribution in [-0.4, -0.2) is 39.4 Å². The summed E-state index contributed by atoms with van der Waals surface area (Å²) in [6.07, 6.45) is 0. The van der Waals surface area contributed by atoms with Gasteiger partial charge in [-0.25, -0.2) is 8.42 Å². The topological polar surface area (TPSA) is 84.9 Å². The average Bonchev–Trinajstić information content (AvgIpc) is 2.84. The third-order valence-corrected chi connectivity index (χ3v) is 7.32. The zero-order chi connectivity index (χ0) is 24.7. The number of nitrogens with zero attached hydrogens (tertiary/aromatic N) is 1. The number of benzene rings is 3. The summed E-state index contributed by atoms with van der Waals surface area (Å²) in [5, 5.41) is 3.30. The van der Waals surface area contributed by atoms with Crippen LogP contribution in [0.2, 0.25) is 5.02 Å². The summed E-state index contributed by atoms with van der Waals surface area (Å²) in [7, 11) is -0.871. The summed E-state index contributed by atoms with van der Waals surface area (Å²) in [6.45, 7) is 1.51. The maximum atomic E-state index is 13.4. The summed E-state index contributed by atoms with van der Waals surface area (Å²) in [5.74, 6) is 0.681. The quantitative estimate of drug-likeness (QED) is 0.443. The SMILES string of the molecule is COc1ccc(C(C)NC(=O)CN(Cc2ccccc2)S(=O)(=O)c2ccc(Cl)cc2)cc1OC. The van der Waals surface area contributed by atoms with Gasteiger partial charge in [-0.15, -0.1) is 0 Å². The lowest BCUT2D eigenvalue weighted by molar-refractivity contribution is -0.122. The molecule has 180 valence electrons. The van der Waals surface area contributed by atoms with Crippen LogP contribution < -0.4 is 14.8 Å². The highest BCUT2D eigenvalue weighted by Crippen LogP contribution is 2.30. The number of methoxy groups -OCH3 is 2. The van der Waals surface area contributed by atoms with E-state index in [1.54, 1.807) is 19.2 Å². The molecule has 9 heteroatoms. The first-order chi connectivity index (χ1) is 16.2. The van der Waals surface area contributed by atoms with Gasteiger partial charge in [0.25, 0.3) is 0 Å². The van der Waals surface area contributed by atoms with Crippen molar-refractivity contribution in [2.75, 3.05) is 20.8 Å². The van der Waals surface area contributed by atoms with Crippen molar-refractivity contribution in [2.45, 2.75) is 24.4 Å². The zero-order valence-corrected chi connectivity index (χ0v) is 20.8. The van der Waals surface area contributed by atoms with Crippen LogP contribution in [0.3, 0.4) is 0 Å². The number of hydrogen-bond acceptors (Lipinski definition) is 5. The minimum Gasteiger partial charge on any atom is -0.493 e. The molecule has 3 rings (SSSR count). The molecule has 3 aromatic carbocycles. The Hall–Kier alpha value is -3.07. The van der Waals surface area contributed by atoms with Crippen molar-refractivity contribution in [1.29, 1.82) is 0 Å². The van der Waals surface area contributed by atoms with Gasteiger partial charge in [-0.3, -0.25) is 4.79 Å². The van der Waals surface area contributed by atoms with E-state index in [2.05, 4.69) is 5.32 Å². The zero-order valence-electron chi connectivity index (χ0n) is 19.2. The smallest absolute Gasteiger partial charge is 0.243 e. The number of carbonyl (C=O) groups is 1. The van der Waals surface area contributed by atoms with E-state index in [4.69, 9.17) is 21.1 Å². The first kappa shape index (κ1) is 25.6. The van der Waals surface area contributed by atoms with E-state index < -0.39 is 15.9 Å². The molecule has 1 amide bonds. The molecule has 1 N–H and O–H groups in total. The van der Waals surface area contributed by atoms with Crippen LogP contribution in [-0.2, 0) is 21.4 Å². The summed E-state index contributed by atoms with van der Waals surface area (Å²) < 4.78 is 38.5. The van der Waals surface area contributed by atoms with E-state index >= 15 is 0 Å². The molecule has 0 aliphatic heterocycles. The Balaban J connectivity index is 1.81. The fourth-order valence-electron chi connectivity index (χ4n) is 3.42. The number of amides is 1. The molecule has 3 aromatic rings. The highest BCUT2D eigenvalue weighted by atomic mass is 35.5. The van der Waals surface area contributed by atoms with Crippen LogP contribution in [0.1, 0.15) is 24.1 Å². The minimum atomic E-state index is -3.95. The van der Waals surface area contributed by atoms with Gasteiger partial charge >= 0.3 is 0 Å². The van der Waals surface area contributed by atoms with Gasteiger partial charge in [-0.2, -0.15) is 4.31 Å². The highest BCUT2D eigenvalue weighted by molar-refractivity contribution is 7.89. The van der Waals surface area contributed by atoms with E-state index in [-0.39, 0.29) is 24.0 Å². The van der Waals surface area contributed by atoms with Crippen LogP contribution in [0.5, 0.6) is 11.5 Å². The molecule has 0 aromatic heterocycles. The van der Waals surface area contributed by atoms with Crippen LogP contribution in [0.25, 0.3) is 0 Å². The number of halogens is 1. The average molecular weight is 503 g/mol. The van der Waals surface area contributed by atoms with Gasteiger partial charge < -0.3 is 14.8 Å². The van der Waals surface area contributed by atoms with Crippen molar-refractivity contribution in [3.05, 3.63) is 88.9 Å². The van der Waals surface area contributed by atoms with Crippen molar-refractivity contribution >= 4 is 27.5 Å². The Kier molecular flexibility index (Phi) is 8.55. The molecular weight excluding hydrogens is 476 g/mol. The van der Waals surface area contributed by atoms with Gasteiger partial charge in [0.2, 0.25) is 15.9 Å². The molecule has 1 atom stereocenters. The fraction of sp³-hybridized carbons (Fsp3) is 0.240. The maximum Gasteiger partial charge on any atom is 0.243 e. The van der Waals surface area contributed by atoms with Crippen molar-refractivity contribution in [2.24, 2.45) is 0 Å². The minimum absolute atomic E-state index is 0.0456. The van der Waals surface area contributed by atoms with Crippen LogP contribution in [0.4, 0.5) is 0 Å². The van der Waals surface area contributed by atoms with Gasteiger partial charge in [0.15, 0.2) is 11.5 Å². The Morgan fingerprint density at radius 2 is 1.62 bits per heavy atom. The first-order valence-corrected chi connectivity index (χ1v) is 12.4. The predicted molar refractivity (Wildman–Crippen MR) is 132 cm³/mol. The van der Waals surface area contributed by atoms with Gasteiger partial charge in [-0.05, 0) is 54.4 Å². The molecule has 0 spiro atoms. The Bertz CT molecular complexity index is 1220. The second kappa shape index (κ2) is 11.4. The molecule has 34 heavy (non-hydrogen) atoms. The molecule has 0 bridgehead atoms. The molecule has 0 heterocycles. The molecule has 0 aliphatic rings. The molecule has 0 radical (unpaired) electrons. The fourth-order valence-corrected chi connectivity index (χ4v) is 4.93. The van der Waals surface area contributed by atoms with Crippen molar-refractivity contribution in [3.8, 4) is 11.5 Å². The van der Waals surface area contributed by atoms with Crippen LogP contribution >= 0.6 is 11.6 Å². The van der Waals surface area contributed by atoms with E-state index in [1.807, 2.05) is 43.3 Å². The van der Waals surface area contributed by atoms with E-state index in [0.717, 1.165) is 15.4 Å². The largest absolute Gasteiger partial charge is 0.493 e. The number of ether oxygens (including phenoxy) is 2. The molecule has 1 unspecified atom stereocenters. The van der Waals surface area contributed by atoms with Crippen LogP contribution in [0.15, 0.2) is 77.7 Å². The number of nitrogens with one attached hydrogen (secondary N) is 1. The lowest BCUT2D eigenvalue weighted by Crippen LogP contribution is -2.41. The second-order valence-corrected chi connectivity index (χ2v) is 9.99. The number of rotatable bonds is 10. The number of sulfonamides is 1. The summed E-state index contributed by atoms with van der Waals surface area (Å²) in [6, 6.07) is 20.0. The number of hydrogen-bond donors (Lipinski definition) is 1. The summed E-state index contributed by atoms with van der Waals surface area (Å²) in [5.41, 5.74) is 1.56. The predicted octanol–water partition coefficient (Wildman–Crippen LogP) is 4.43. The molecule has 0 saturated heterocycles. The summed E-state index contributed by atoms with van der Waals surface area (Å²) >= 11 is 5.92. The van der Waals surface area contributed by atoms with Crippen molar-refractivity contribution in [3.63, 3.8) is 0 Å². The van der Waals surface area contributed by atoms with E-state index in [1.165, 1.54) is 31.4 Å². The van der Waals surface area contributed by atoms with E-state index in [9.17, 15) is 13.2 Å². The van der Waals surface area contributed by atoms with Gasteiger partial charge in [0.1, 0.15) is 0 Å². The van der Waals surface area contributed by atoms with Crippen molar-refractivity contribution < 1.29 is 22.7 Å². The van der Waals surface area contributed by atoms with Crippen LogP contribution in [0, 0.1) is 0 Å². The highest BCUT2D eigenvalue weighted by Gasteiger charge is 2.27. The third-order valence-electron chi connectivity index (χ3n) is 5.26. The normalized spacial score (nSPS) is 12.3. The Morgan fingerprint density at radius 3 is 2.24 bits per heavy atom. The van der Waals surface area contributed by atoms with Gasteiger partial charge in [0, 0.05) is 11.6 Å².